The highest BCUT2D eigenvalue weighted by Crippen LogP contribution is 2.43. The Morgan fingerprint density at radius 1 is 1.29 bits per heavy atom. The van der Waals surface area contributed by atoms with Crippen molar-refractivity contribution < 1.29 is 23.5 Å². The van der Waals surface area contributed by atoms with Crippen molar-refractivity contribution >= 4 is 39.9 Å². The average molecular weight is 417 g/mol. The molecule has 3 aromatic rings. The van der Waals surface area contributed by atoms with Gasteiger partial charge in [0.2, 0.25) is 10.9 Å². The predicted octanol–water partition coefficient (Wildman–Crippen LogP) is 3.78. The monoisotopic (exact) mass is 417 g/mol. The SMILES string of the molecule is CSc1nnc(N2C(=O)C(O)=C(C(=O)c3ccco3)[C@@H]2c2ccc(F)cc2)s1. The Labute approximate surface area is 166 Å². The number of amides is 1. The maximum absolute atomic E-state index is 13.4. The Morgan fingerprint density at radius 2 is 2.04 bits per heavy atom. The van der Waals surface area contributed by atoms with E-state index in [9.17, 15) is 19.1 Å². The Balaban J connectivity index is 1.86. The molecule has 1 aromatic carbocycles. The molecule has 0 bridgehead atoms. The van der Waals surface area contributed by atoms with Gasteiger partial charge < -0.3 is 9.52 Å². The van der Waals surface area contributed by atoms with Crippen LogP contribution in [0.1, 0.15) is 22.2 Å². The number of ketones is 1. The molecule has 0 aliphatic carbocycles. The van der Waals surface area contributed by atoms with E-state index in [1.807, 2.05) is 6.26 Å². The maximum Gasteiger partial charge on any atom is 0.296 e. The fraction of sp³-hybridized carbons (Fsp3) is 0.111. The van der Waals surface area contributed by atoms with E-state index in [0.29, 0.717) is 9.90 Å². The van der Waals surface area contributed by atoms with Crippen molar-refractivity contribution in [3.63, 3.8) is 0 Å². The van der Waals surface area contributed by atoms with Crippen LogP contribution in [0.5, 0.6) is 0 Å². The summed E-state index contributed by atoms with van der Waals surface area (Å²) in [5, 5.41) is 18.7. The minimum atomic E-state index is -0.992. The number of furan rings is 1. The number of Topliss-reactive ketones (excluding diaryl/α,β-unsaturated/α-hetero) is 1. The number of carbonyl (C=O) groups is 2. The molecule has 1 aliphatic rings. The number of carbonyl (C=O) groups excluding carboxylic acids is 2. The summed E-state index contributed by atoms with van der Waals surface area (Å²) >= 11 is 2.50. The van der Waals surface area contributed by atoms with Crippen LogP contribution in [-0.4, -0.2) is 33.3 Å². The number of thioether (sulfide) groups is 1. The lowest BCUT2D eigenvalue weighted by Gasteiger charge is -2.23. The molecule has 0 spiro atoms. The topological polar surface area (TPSA) is 96.5 Å². The van der Waals surface area contributed by atoms with Gasteiger partial charge in [0.15, 0.2) is 15.9 Å². The van der Waals surface area contributed by atoms with Crippen molar-refractivity contribution in [1.82, 2.24) is 10.2 Å². The number of anilines is 1. The first-order valence-corrected chi connectivity index (χ1v) is 10.0. The van der Waals surface area contributed by atoms with Crippen LogP contribution in [0.15, 0.2) is 62.8 Å². The quantitative estimate of drug-likeness (QED) is 0.383. The van der Waals surface area contributed by atoms with Gasteiger partial charge in [-0.3, -0.25) is 14.5 Å². The smallest absolute Gasteiger partial charge is 0.296 e. The standard InChI is InChI=1S/C18H12FN3O4S2/c1-27-18-21-20-17(28-18)22-13(9-4-6-10(19)7-5-9)12(15(24)16(22)25)14(23)11-3-2-8-26-11/h2-8,13,24H,1H3/t13-/m0/s1. The van der Waals surface area contributed by atoms with Crippen LogP contribution in [0.3, 0.4) is 0 Å². The maximum atomic E-state index is 13.4. The second-order valence-corrected chi connectivity index (χ2v) is 7.76. The summed E-state index contributed by atoms with van der Waals surface area (Å²) in [6.45, 7) is 0. The van der Waals surface area contributed by atoms with Gasteiger partial charge in [-0.15, -0.1) is 10.2 Å². The fourth-order valence-electron chi connectivity index (χ4n) is 2.92. The number of nitrogens with zero attached hydrogens (tertiary/aromatic N) is 3. The highest BCUT2D eigenvalue weighted by Gasteiger charge is 2.46. The first kappa shape index (κ1) is 18.4. The number of rotatable bonds is 5. The molecule has 4 rings (SSSR count). The lowest BCUT2D eigenvalue weighted by atomic mass is 9.95. The van der Waals surface area contributed by atoms with Crippen LogP contribution >= 0.6 is 23.1 Å². The minimum absolute atomic E-state index is 0.0228. The van der Waals surface area contributed by atoms with E-state index in [4.69, 9.17) is 4.42 Å². The van der Waals surface area contributed by atoms with E-state index in [0.717, 1.165) is 11.3 Å². The minimum Gasteiger partial charge on any atom is -0.503 e. The lowest BCUT2D eigenvalue weighted by molar-refractivity contribution is -0.117. The molecule has 1 amide bonds. The van der Waals surface area contributed by atoms with Gasteiger partial charge >= 0.3 is 0 Å². The first-order chi connectivity index (χ1) is 13.5. The fourth-order valence-corrected chi connectivity index (χ4v) is 4.20. The second-order valence-electron chi connectivity index (χ2n) is 5.75. The molecule has 10 heteroatoms. The highest BCUT2D eigenvalue weighted by molar-refractivity contribution is 8.00. The summed E-state index contributed by atoms with van der Waals surface area (Å²) in [6.07, 6.45) is 3.14. The molecule has 1 atom stereocenters. The number of hydrogen-bond donors (Lipinski definition) is 1. The molecule has 7 nitrogen and oxygen atoms in total. The number of benzene rings is 1. The van der Waals surface area contributed by atoms with Gasteiger partial charge in [-0.1, -0.05) is 35.2 Å². The van der Waals surface area contributed by atoms with Crippen LogP contribution in [0.25, 0.3) is 0 Å². The van der Waals surface area contributed by atoms with Crippen LogP contribution < -0.4 is 4.90 Å². The number of aliphatic hydroxyl groups is 1. The molecule has 0 unspecified atom stereocenters. The highest BCUT2D eigenvalue weighted by atomic mass is 32.2. The van der Waals surface area contributed by atoms with E-state index >= 15 is 0 Å². The van der Waals surface area contributed by atoms with E-state index < -0.39 is 29.3 Å². The Hall–Kier alpha value is -2.98. The van der Waals surface area contributed by atoms with Crippen molar-refractivity contribution in [3.8, 4) is 0 Å². The van der Waals surface area contributed by atoms with Crippen molar-refractivity contribution in [2.24, 2.45) is 0 Å². The van der Waals surface area contributed by atoms with Crippen LogP contribution in [0.2, 0.25) is 0 Å². The van der Waals surface area contributed by atoms with Crippen molar-refractivity contribution in [1.29, 1.82) is 0 Å². The Morgan fingerprint density at radius 3 is 2.64 bits per heavy atom. The molecule has 2 aromatic heterocycles. The van der Waals surface area contributed by atoms with Gasteiger partial charge in [0.05, 0.1) is 17.9 Å². The number of aromatic nitrogens is 2. The van der Waals surface area contributed by atoms with E-state index in [1.54, 1.807) is 0 Å². The number of aliphatic hydroxyl groups excluding tert-OH is 1. The summed E-state index contributed by atoms with van der Waals surface area (Å²) < 4.78 is 19.2. The molecular weight excluding hydrogens is 405 g/mol. The normalized spacial score (nSPS) is 16.9. The molecule has 0 fully saturated rings. The van der Waals surface area contributed by atoms with Gasteiger partial charge in [-0.05, 0) is 36.1 Å². The van der Waals surface area contributed by atoms with Gasteiger partial charge in [0, 0.05) is 0 Å². The third-order valence-electron chi connectivity index (χ3n) is 4.16. The average Bonchev–Trinajstić information content (AvgIpc) is 3.43. The molecule has 142 valence electrons. The summed E-state index contributed by atoms with van der Waals surface area (Å²) in [4.78, 5) is 27.0. The summed E-state index contributed by atoms with van der Waals surface area (Å²) in [7, 11) is 0. The summed E-state index contributed by atoms with van der Waals surface area (Å²) in [6, 6.07) is 7.31. The zero-order chi connectivity index (χ0) is 19.8. The lowest BCUT2D eigenvalue weighted by Crippen LogP contribution is -2.31. The molecule has 0 saturated heterocycles. The van der Waals surface area contributed by atoms with Crippen LogP contribution in [0, 0.1) is 5.82 Å². The Bertz CT molecular complexity index is 1080. The van der Waals surface area contributed by atoms with Crippen molar-refractivity contribution in [2.45, 2.75) is 10.4 Å². The molecule has 3 heterocycles. The Kier molecular flexibility index (Phi) is 4.73. The van der Waals surface area contributed by atoms with Crippen LogP contribution in [0.4, 0.5) is 9.52 Å². The van der Waals surface area contributed by atoms with Gasteiger partial charge in [-0.2, -0.15) is 0 Å². The second kappa shape index (κ2) is 7.21. The third kappa shape index (κ3) is 3.00. The molecule has 28 heavy (non-hydrogen) atoms. The zero-order valence-electron chi connectivity index (χ0n) is 14.3. The molecule has 0 radical (unpaired) electrons. The zero-order valence-corrected chi connectivity index (χ0v) is 16.0. The van der Waals surface area contributed by atoms with Crippen LogP contribution in [-0.2, 0) is 4.79 Å². The van der Waals surface area contributed by atoms with Crippen molar-refractivity contribution in [3.05, 3.63) is 71.1 Å². The predicted molar refractivity (Wildman–Crippen MR) is 101 cm³/mol. The van der Waals surface area contributed by atoms with Gasteiger partial charge in [0.1, 0.15) is 5.82 Å². The molecule has 1 aliphatic heterocycles. The van der Waals surface area contributed by atoms with Crippen molar-refractivity contribution in [2.75, 3.05) is 11.2 Å². The largest absolute Gasteiger partial charge is 0.503 e. The third-order valence-corrected chi connectivity index (χ3v) is 6.06. The van der Waals surface area contributed by atoms with Gasteiger partial charge in [0.25, 0.3) is 5.91 Å². The molecular formula is C18H12FN3O4S2. The first-order valence-electron chi connectivity index (χ1n) is 7.99. The van der Waals surface area contributed by atoms with E-state index in [2.05, 4.69) is 10.2 Å². The number of hydrogen-bond acceptors (Lipinski definition) is 8. The molecule has 0 saturated carbocycles. The summed E-state index contributed by atoms with van der Waals surface area (Å²) in [5.74, 6) is -2.61. The molecule has 1 N–H and O–H groups in total. The van der Waals surface area contributed by atoms with Gasteiger partial charge in [-0.25, -0.2) is 4.39 Å². The van der Waals surface area contributed by atoms with E-state index in [-0.39, 0.29) is 16.5 Å². The summed E-state index contributed by atoms with van der Waals surface area (Å²) in [5.41, 5.74) is 0.280. The van der Waals surface area contributed by atoms with E-state index in [1.165, 1.54) is 59.3 Å². The number of halogens is 1.